The average Bonchev–Trinajstić information content (AvgIpc) is 2.53. The molecule has 0 aliphatic carbocycles. The van der Waals surface area contributed by atoms with Gasteiger partial charge in [0.15, 0.2) is 0 Å². The second-order valence-corrected chi connectivity index (χ2v) is 3.41. The van der Waals surface area contributed by atoms with E-state index in [1.54, 1.807) is 11.3 Å². The lowest BCUT2D eigenvalue weighted by molar-refractivity contribution is 0.249. The van der Waals surface area contributed by atoms with E-state index in [1.165, 1.54) is 5.56 Å². The molecule has 4 nitrogen and oxygen atoms in total. The molecule has 13 heavy (non-hydrogen) atoms. The van der Waals surface area contributed by atoms with Crippen LogP contribution in [0.2, 0.25) is 0 Å². The zero-order valence-electron chi connectivity index (χ0n) is 7.28. The normalized spacial score (nSPS) is 11.3. The van der Waals surface area contributed by atoms with E-state index in [9.17, 15) is 4.79 Å². The van der Waals surface area contributed by atoms with Crippen molar-refractivity contribution in [3.05, 3.63) is 22.4 Å². The number of carbonyl (C=O) groups excluding carboxylic acids is 1. The lowest BCUT2D eigenvalue weighted by Gasteiger charge is -1.97. The van der Waals surface area contributed by atoms with Gasteiger partial charge in [0.2, 0.25) is 0 Å². The second-order valence-electron chi connectivity index (χ2n) is 2.63. The minimum Gasteiger partial charge on any atom is -0.350 e. The molecule has 0 bridgehead atoms. The Hall–Kier alpha value is -1.36. The van der Waals surface area contributed by atoms with Gasteiger partial charge in [-0.1, -0.05) is 0 Å². The zero-order chi connectivity index (χ0) is 9.68. The summed E-state index contributed by atoms with van der Waals surface area (Å²) in [6, 6.07) is 1.39. The lowest BCUT2D eigenvalue weighted by atomic mass is 10.2. The van der Waals surface area contributed by atoms with Gasteiger partial charge in [0, 0.05) is 12.1 Å². The van der Waals surface area contributed by atoms with Gasteiger partial charge < -0.3 is 5.73 Å². The van der Waals surface area contributed by atoms with Crippen molar-refractivity contribution in [1.29, 1.82) is 0 Å². The van der Waals surface area contributed by atoms with Crippen LogP contribution >= 0.6 is 11.3 Å². The Balaban J connectivity index is 2.45. The summed E-state index contributed by atoms with van der Waals surface area (Å²) in [5.74, 6) is 0. The predicted molar refractivity (Wildman–Crippen MR) is 53.9 cm³/mol. The average molecular weight is 197 g/mol. The number of amides is 2. The number of nitrogens with one attached hydrogen (secondary N) is 1. The van der Waals surface area contributed by atoms with Crippen molar-refractivity contribution in [1.82, 2.24) is 5.43 Å². The van der Waals surface area contributed by atoms with Gasteiger partial charge in [-0.25, -0.2) is 10.2 Å². The maximum Gasteiger partial charge on any atom is 0.332 e. The summed E-state index contributed by atoms with van der Waals surface area (Å²) in [7, 11) is 0. The number of rotatable bonds is 3. The first-order valence-electron chi connectivity index (χ1n) is 3.78. The molecule has 0 aliphatic heterocycles. The quantitative estimate of drug-likeness (QED) is 0.557. The maximum absolute atomic E-state index is 10.3. The Labute approximate surface area is 80.4 Å². The lowest BCUT2D eigenvalue weighted by Crippen LogP contribution is -2.25. The van der Waals surface area contributed by atoms with Gasteiger partial charge >= 0.3 is 6.03 Å². The van der Waals surface area contributed by atoms with E-state index >= 15 is 0 Å². The van der Waals surface area contributed by atoms with Crippen molar-refractivity contribution in [3.8, 4) is 0 Å². The number of thiophene rings is 1. The van der Waals surface area contributed by atoms with Crippen molar-refractivity contribution in [3.63, 3.8) is 0 Å². The minimum atomic E-state index is -0.635. The molecule has 0 aliphatic rings. The summed E-state index contributed by atoms with van der Waals surface area (Å²) in [6.07, 6.45) is 0.740. The molecular weight excluding hydrogens is 186 g/mol. The summed E-state index contributed by atoms with van der Waals surface area (Å²) in [6.45, 7) is 1.84. The van der Waals surface area contributed by atoms with Crippen LogP contribution in [0, 0.1) is 0 Å². The molecule has 1 heterocycles. The minimum absolute atomic E-state index is 0.635. The van der Waals surface area contributed by atoms with E-state index in [1.807, 2.05) is 23.8 Å². The molecule has 1 aromatic rings. The number of hydrazone groups is 1. The van der Waals surface area contributed by atoms with Gasteiger partial charge in [-0.15, -0.1) is 0 Å². The topological polar surface area (TPSA) is 67.5 Å². The highest BCUT2D eigenvalue weighted by atomic mass is 32.1. The molecule has 1 rings (SSSR count). The number of nitrogens with zero attached hydrogens (tertiary/aromatic N) is 1. The molecule has 0 saturated heterocycles. The summed E-state index contributed by atoms with van der Waals surface area (Å²) in [4.78, 5) is 10.3. The third kappa shape index (κ3) is 3.71. The van der Waals surface area contributed by atoms with E-state index < -0.39 is 6.03 Å². The predicted octanol–water partition coefficient (Wildman–Crippen LogP) is 1.33. The van der Waals surface area contributed by atoms with Gasteiger partial charge in [0.05, 0.1) is 0 Å². The van der Waals surface area contributed by atoms with E-state index in [2.05, 4.69) is 10.5 Å². The fourth-order valence-electron chi connectivity index (χ4n) is 0.879. The van der Waals surface area contributed by atoms with Gasteiger partial charge in [0.1, 0.15) is 0 Å². The molecule has 0 atom stereocenters. The van der Waals surface area contributed by atoms with Crippen LogP contribution in [0.5, 0.6) is 0 Å². The molecule has 0 fully saturated rings. The largest absolute Gasteiger partial charge is 0.350 e. The van der Waals surface area contributed by atoms with Crippen LogP contribution in [0.3, 0.4) is 0 Å². The van der Waals surface area contributed by atoms with Crippen LogP contribution in [-0.4, -0.2) is 11.7 Å². The van der Waals surface area contributed by atoms with E-state index in [0.29, 0.717) is 0 Å². The van der Waals surface area contributed by atoms with Crippen LogP contribution in [0.25, 0.3) is 0 Å². The third-order valence-corrected chi connectivity index (χ3v) is 2.13. The molecule has 0 saturated carbocycles. The standard InChI is InChI=1S/C8H11N3OS/c1-6(10-11-8(9)12)4-7-2-3-13-5-7/h2-3,5H,4H2,1H3,(H3,9,11,12)/b10-6-. The molecule has 3 N–H and O–H groups in total. The van der Waals surface area contributed by atoms with E-state index in [0.717, 1.165) is 12.1 Å². The molecule has 0 aromatic carbocycles. The number of hydrogen-bond acceptors (Lipinski definition) is 3. The van der Waals surface area contributed by atoms with E-state index in [-0.39, 0.29) is 0 Å². The summed E-state index contributed by atoms with van der Waals surface area (Å²) in [5.41, 5.74) is 9.07. The monoisotopic (exact) mass is 197 g/mol. The SMILES string of the molecule is C/C(Cc1ccsc1)=N/NC(N)=O. The smallest absolute Gasteiger partial charge is 0.332 e. The van der Waals surface area contributed by atoms with Crippen molar-refractivity contribution in [2.24, 2.45) is 10.8 Å². The first kappa shape index (κ1) is 9.73. The Morgan fingerprint density at radius 3 is 3.08 bits per heavy atom. The fraction of sp³-hybridized carbons (Fsp3) is 0.250. The van der Waals surface area contributed by atoms with E-state index in [4.69, 9.17) is 5.73 Å². The van der Waals surface area contributed by atoms with Gasteiger partial charge in [0.25, 0.3) is 0 Å². The van der Waals surface area contributed by atoms with Crippen LogP contribution in [0.4, 0.5) is 4.79 Å². The number of hydrogen-bond donors (Lipinski definition) is 2. The van der Waals surface area contributed by atoms with Gasteiger partial charge in [-0.05, 0) is 29.3 Å². The number of carbonyl (C=O) groups is 1. The summed E-state index contributed by atoms with van der Waals surface area (Å²) < 4.78 is 0. The first-order chi connectivity index (χ1) is 6.18. The summed E-state index contributed by atoms with van der Waals surface area (Å²) in [5, 5.41) is 7.84. The number of nitrogens with two attached hydrogens (primary N) is 1. The highest BCUT2D eigenvalue weighted by Crippen LogP contribution is 2.06. The Morgan fingerprint density at radius 2 is 2.54 bits per heavy atom. The highest BCUT2D eigenvalue weighted by molar-refractivity contribution is 7.07. The fourth-order valence-corrected chi connectivity index (χ4v) is 1.55. The first-order valence-corrected chi connectivity index (χ1v) is 4.72. The van der Waals surface area contributed by atoms with Crippen LogP contribution in [0.15, 0.2) is 21.9 Å². The van der Waals surface area contributed by atoms with Crippen molar-refractivity contribution >= 4 is 23.1 Å². The third-order valence-electron chi connectivity index (χ3n) is 1.40. The second kappa shape index (κ2) is 4.61. The molecule has 0 spiro atoms. The Morgan fingerprint density at radius 1 is 1.77 bits per heavy atom. The van der Waals surface area contributed by atoms with Crippen LogP contribution < -0.4 is 11.2 Å². The van der Waals surface area contributed by atoms with Crippen molar-refractivity contribution in [2.45, 2.75) is 13.3 Å². The Kier molecular flexibility index (Phi) is 3.45. The maximum atomic E-state index is 10.3. The highest BCUT2D eigenvalue weighted by Gasteiger charge is 1.96. The van der Waals surface area contributed by atoms with Gasteiger partial charge in [-0.3, -0.25) is 0 Å². The zero-order valence-corrected chi connectivity index (χ0v) is 8.10. The molecule has 2 amide bonds. The molecular formula is C8H11N3OS. The number of urea groups is 1. The molecule has 0 radical (unpaired) electrons. The van der Waals surface area contributed by atoms with Crippen LogP contribution in [-0.2, 0) is 6.42 Å². The van der Waals surface area contributed by atoms with Crippen molar-refractivity contribution in [2.75, 3.05) is 0 Å². The number of primary amides is 1. The molecule has 0 unspecified atom stereocenters. The summed E-state index contributed by atoms with van der Waals surface area (Å²) >= 11 is 1.64. The van der Waals surface area contributed by atoms with Gasteiger partial charge in [-0.2, -0.15) is 16.4 Å². The van der Waals surface area contributed by atoms with Crippen molar-refractivity contribution < 1.29 is 4.79 Å². The van der Waals surface area contributed by atoms with Crippen LogP contribution in [0.1, 0.15) is 12.5 Å². The Bertz CT molecular complexity index is 305. The molecule has 1 aromatic heterocycles. The molecule has 5 heteroatoms. The molecule has 70 valence electrons.